The molecular formula is C31H31FO3. The second-order valence-corrected chi connectivity index (χ2v) is 9.86. The minimum Gasteiger partial charge on any atom is -0.462 e. The molecule has 2 aromatic rings. The van der Waals surface area contributed by atoms with Crippen molar-refractivity contribution in [3.05, 3.63) is 107 Å². The highest BCUT2D eigenvalue weighted by molar-refractivity contribution is 6.03. The average Bonchev–Trinajstić information content (AvgIpc) is 2.86. The smallest absolute Gasteiger partial charge is 0.309 e. The zero-order valence-electron chi connectivity index (χ0n) is 20.0. The van der Waals surface area contributed by atoms with Crippen molar-refractivity contribution in [3.8, 4) is 0 Å². The lowest BCUT2D eigenvalue weighted by Gasteiger charge is -2.36. The molecule has 0 saturated heterocycles. The lowest BCUT2D eigenvalue weighted by atomic mass is 9.67. The molecular weight excluding hydrogens is 439 g/mol. The Morgan fingerprint density at radius 3 is 2.23 bits per heavy atom. The van der Waals surface area contributed by atoms with Crippen molar-refractivity contribution in [2.75, 3.05) is 0 Å². The van der Waals surface area contributed by atoms with Gasteiger partial charge in [0.15, 0.2) is 5.78 Å². The Morgan fingerprint density at radius 1 is 1.03 bits per heavy atom. The Labute approximate surface area is 206 Å². The summed E-state index contributed by atoms with van der Waals surface area (Å²) in [7, 11) is 0. The third-order valence-electron chi connectivity index (χ3n) is 7.54. The Morgan fingerprint density at radius 2 is 1.66 bits per heavy atom. The quantitative estimate of drug-likeness (QED) is 0.444. The van der Waals surface area contributed by atoms with E-state index >= 15 is 0 Å². The molecule has 1 saturated carbocycles. The first-order chi connectivity index (χ1) is 17.0. The van der Waals surface area contributed by atoms with Crippen LogP contribution in [0.2, 0.25) is 0 Å². The third-order valence-corrected chi connectivity index (χ3v) is 7.54. The lowest BCUT2D eigenvalue weighted by molar-refractivity contribution is -0.161. The molecule has 2 atom stereocenters. The highest BCUT2D eigenvalue weighted by Crippen LogP contribution is 2.45. The number of alkyl halides is 1. The zero-order valence-corrected chi connectivity index (χ0v) is 20.0. The number of carbonyl (C=O) groups is 2. The number of hydrogen-bond donors (Lipinski definition) is 0. The van der Waals surface area contributed by atoms with Crippen molar-refractivity contribution in [1.29, 1.82) is 0 Å². The number of ether oxygens (including phenoxy) is 1. The first-order valence-corrected chi connectivity index (χ1v) is 12.6. The molecule has 0 aromatic heterocycles. The van der Waals surface area contributed by atoms with E-state index in [-0.39, 0.29) is 35.6 Å². The van der Waals surface area contributed by atoms with E-state index in [1.54, 1.807) is 0 Å². The molecule has 4 heteroatoms. The molecule has 5 rings (SSSR count). The monoisotopic (exact) mass is 470 g/mol. The summed E-state index contributed by atoms with van der Waals surface area (Å²) >= 11 is 0. The summed E-state index contributed by atoms with van der Waals surface area (Å²) in [6, 6.07) is 20.5. The summed E-state index contributed by atoms with van der Waals surface area (Å²) in [4.78, 5) is 26.8. The van der Waals surface area contributed by atoms with Crippen LogP contribution in [0.15, 0.2) is 95.6 Å². The molecule has 3 nitrogen and oxygen atoms in total. The normalized spacial score (nSPS) is 26.4. The highest BCUT2D eigenvalue weighted by Gasteiger charge is 2.41. The van der Waals surface area contributed by atoms with Crippen molar-refractivity contribution in [2.45, 2.75) is 57.2 Å². The van der Waals surface area contributed by atoms with E-state index in [1.807, 2.05) is 55.5 Å². The molecule has 35 heavy (non-hydrogen) atoms. The van der Waals surface area contributed by atoms with E-state index in [2.05, 4.69) is 30.3 Å². The van der Waals surface area contributed by atoms with E-state index in [0.717, 1.165) is 27.8 Å². The van der Waals surface area contributed by atoms with Gasteiger partial charge < -0.3 is 4.74 Å². The van der Waals surface area contributed by atoms with Crippen LogP contribution < -0.4 is 0 Å². The number of carbonyl (C=O) groups excluding carboxylic acids is 2. The van der Waals surface area contributed by atoms with Crippen molar-refractivity contribution >= 4 is 11.8 Å². The Balaban J connectivity index is 1.46. The van der Waals surface area contributed by atoms with E-state index in [0.29, 0.717) is 32.1 Å². The molecule has 180 valence electrons. The number of ketones is 1. The number of hydrogen-bond acceptors (Lipinski definition) is 3. The van der Waals surface area contributed by atoms with Crippen LogP contribution in [0.5, 0.6) is 0 Å². The molecule has 1 fully saturated rings. The Kier molecular flexibility index (Phi) is 6.81. The van der Waals surface area contributed by atoms with E-state index < -0.39 is 6.17 Å². The Hall–Kier alpha value is -3.27. The maximum Gasteiger partial charge on any atom is 0.309 e. The molecule has 0 bridgehead atoms. The highest BCUT2D eigenvalue weighted by atomic mass is 19.1. The SMILES string of the molecule is C/C=C\C1=CC2=C(CCC(C(=O)OC3CC(F)C3)C2)C(=O)C1C(c1ccccc1)c1ccccc1. The summed E-state index contributed by atoms with van der Waals surface area (Å²) in [5.74, 6) is -0.806. The van der Waals surface area contributed by atoms with Gasteiger partial charge in [-0.2, -0.15) is 0 Å². The van der Waals surface area contributed by atoms with Gasteiger partial charge in [0.2, 0.25) is 0 Å². The largest absolute Gasteiger partial charge is 0.462 e. The molecule has 0 N–H and O–H groups in total. The molecule has 0 radical (unpaired) electrons. The van der Waals surface area contributed by atoms with Gasteiger partial charge in [0.25, 0.3) is 0 Å². The molecule has 0 amide bonds. The zero-order chi connectivity index (χ0) is 24.4. The van der Waals surface area contributed by atoms with E-state index in [9.17, 15) is 14.0 Å². The maximum absolute atomic E-state index is 14.1. The van der Waals surface area contributed by atoms with Crippen LogP contribution in [0.4, 0.5) is 4.39 Å². The maximum atomic E-state index is 14.1. The second-order valence-electron chi connectivity index (χ2n) is 9.86. The van der Waals surface area contributed by atoms with Gasteiger partial charge in [0.05, 0.1) is 11.8 Å². The number of Topliss-reactive ketones (excluding diaryl/α,β-unsaturated/α-hetero) is 1. The lowest BCUT2D eigenvalue weighted by Crippen LogP contribution is -2.37. The second kappa shape index (κ2) is 10.2. The minimum atomic E-state index is -0.852. The number of esters is 1. The van der Waals surface area contributed by atoms with Crippen LogP contribution in [0, 0.1) is 11.8 Å². The fraction of sp³-hybridized carbons (Fsp3) is 0.355. The summed E-state index contributed by atoms with van der Waals surface area (Å²) < 4.78 is 18.7. The van der Waals surface area contributed by atoms with Gasteiger partial charge in [0, 0.05) is 18.8 Å². The van der Waals surface area contributed by atoms with Crippen LogP contribution in [0.3, 0.4) is 0 Å². The molecule has 0 heterocycles. The van der Waals surface area contributed by atoms with Crippen molar-refractivity contribution in [2.24, 2.45) is 11.8 Å². The van der Waals surface area contributed by atoms with Crippen LogP contribution in [-0.2, 0) is 14.3 Å². The van der Waals surface area contributed by atoms with Crippen LogP contribution >= 0.6 is 0 Å². The fourth-order valence-electron chi connectivity index (χ4n) is 5.67. The van der Waals surface area contributed by atoms with Crippen molar-refractivity contribution < 1.29 is 18.7 Å². The van der Waals surface area contributed by atoms with Gasteiger partial charge in [-0.25, -0.2) is 4.39 Å². The van der Waals surface area contributed by atoms with Gasteiger partial charge in [0.1, 0.15) is 12.3 Å². The van der Waals surface area contributed by atoms with Crippen LogP contribution in [-0.4, -0.2) is 24.0 Å². The first kappa shape index (κ1) is 23.5. The standard InChI is InChI=1S/C31H31FO3/c1-2-9-22-16-24-17-23(31(34)35-26-18-25(32)19-26)14-15-27(24)30(33)29(22)28(20-10-5-3-6-11-20)21-12-7-4-8-13-21/h2-13,16,23,25-26,28-29H,14-15,17-19H2,1H3/b9-2-. The van der Waals surface area contributed by atoms with Crippen molar-refractivity contribution in [1.82, 2.24) is 0 Å². The summed E-state index contributed by atoms with van der Waals surface area (Å²) in [5, 5.41) is 0. The summed E-state index contributed by atoms with van der Waals surface area (Å²) in [5.41, 5.74) is 4.99. The summed E-state index contributed by atoms with van der Waals surface area (Å²) in [6.07, 6.45) is 7.25. The minimum absolute atomic E-state index is 0.101. The van der Waals surface area contributed by atoms with Gasteiger partial charge >= 0.3 is 5.97 Å². The number of benzene rings is 2. The van der Waals surface area contributed by atoms with E-state index in [1.165, 1.54) is 0 Å². The summed E-state index contributed by atoms with van der Waals surface area (Å²) in [6.45, 7) is 1.96. The van der Waals surface area contributed by atoms with Gasteiger partial charge in [-0.1, -0.05) is 78.9 Å². The number of halogens is 1. The van der Waals surface area contributed by atoms with Crippen LogP contribution in [0.25, 0.3) is 0 Å². The number of rotatable bonds is 6. The molecule has 3 aliphatic carbocycles. The molecule has 0 spiro atoms. The van der Waals surface area contributed by atoms with Gasteiger partial charge in [-0.05, 0) is 54.0 Å². The van der Waals surface area contributed by atoms with Gasteiger partial charge in [-0.15, -0.1) is 0 Å². The van der Waals surface area contributed by atoms with Crippen LogP contribution in [0.1, 0.15) is 56.1 Å². The van der Waals surface area contributed by atoms with Gasteiger partial charge in [-0.3, -0.25) is 9.59 Å². The topological polar surface area (TPSA) is 43.4 Å². The fourth-order valence-corrected chi connectivity index (χ4v) is 5.67. The Bertz CT molecular complexity index is 1130. The predicted octanol–water partition coefficient (Wildman–Crippen LogP) is 6.66. The van der Waals surface area contributed by atoms with Crippen molar-refractivity contribution in [3.63, 3.8) is 0 Å². The molecule has 2 unspecified atom stereocenters. The average molecular weight is 471 g/mol. The first-order valence-electron chi connectivity index (χ1n) is 12.6. The molecule has 2 aromatic carbocycles. The van der Waals surface area contributed by atoms with E-state index in [4.69, 9.17) is 4.74 Å². The number of allylic oxidation sites excluding steroid dienone is 6. The predicted molar refractivity (Wildman–Crippen MR) is 134 cm³/mol. The molecule has 0 aliphatic heterocycles. The third kappa shape index (κ3) is 4.80. The molecule has 3 aliphatic rings.